The lowest BCUT2D eigenvalue weighted by atomic mass is 9.81. The number of alkyl halides is 1. The zero-order valence-corrected chi connectivity index (χ0v) is 27.4. The molecule has 2 aliphatic rings. The lowest BCUT2D eigenvalue weighted by Gasteiger charge is -2.36. The average molecular weight is 662 g/mol. The number of alkyl carbamates (subject to hydrolysis) is 1. The number of carbonyl (C=O) groups is 3. The number of hydrogen-bond acceptors (Lipinski definition) is 9. The van der Waals surface area contributed by atoms with Crippen molar-refractivity contribution in [3.63, 3.8) is 0 Å². The van der Waals surface area contributed by atoms with E-state index in [0.29, 0.717) is 36.5 Å². The van der Waals surface area contributed by atoms with E-state index < -0.39 is 23.6 Å². The van der Waals surface area contributed by atoms with Gasteiger partial charge in [0, 0.05) is 42.0 Å². The average Bonchev–Trinajstić information content (AvgIpc) is 3.59. The maximum Gasteiger partial charge on any atom is 0.407 e. The van der Waals surface area contributed by atoms with Gasteiger partial charge in [0.05, 0.1) is 6.34 Å². The van der Waals surface area contributed by atoms with E-state index in [1.54, 1.807) is 42.9 Å². The number of benzene rings is 2. The van der Waals surface area contributed by atoms with Gasteiger partial charge in [0.1, 0.15) is 17.1 Å². The number of nitrogens with two attached hydrogens (primary N) is 1. The van der Waals surface area contributed by atoms with Crippen LogP contribution in [0, 0.1) is 11.8 Å². The Labute approximate surface area is 278 Å². The van der Waals surface area contributed by atoms with Crippen LogP contribution in [0.5, 0.6) is 0 Å². The number of primary amides is 1. The fraction of sp³-hybridized carbons (Fsp3) is 0.424. The number of amides is 3. The summed E-state index contributed by atoms with van der Waals surface area (Å²) >= 11 is 6.41. The third kappa shape index (κ3) is 8.73. The fourth-order valence-electron chi connectivity index (χ4n) is 5.81. The predicted molar refractivity (Wildman–Crippen MR) is 180 cm³/mol. The molecule has 0 radical (unpaired) electrons. The van der Waals surface area contributed by atoms with Crippen LogP contribution in [0.3, 0.4) is 0 Å². The molecule has 2 atom stereocenters. The summed E-state index contributed by atoms with van der Waals surface area (Å²) in [5.74, 6) is -0.479. The number of tetrazole rings is 1. The largest absolute Gasteiger partial charge is 0.444 e. The molecule has 1 aliphatic heterocycles. The summed E-state index contributed by atoms with van der Waals surface area (Å²) in [6, 6.07) is 13.7. The molecule has 1 saturated carbocycles. The number of aromatic amines is 1. The lowest BCUT2D eigenvalue weighted by Crippen LogP contribution is -2.52. The van der Waals surface area contributed by atoms with Crippen LogP contribution in [0.25, 0.3) is 11.4 Å². The Morgan fingerprint density at radius 3 is 2.38 bits per heavy atom. The van der Waals surface area contributed by atoms with E-state index in [-0.39, 0.29) is 29.7 Å². The minimum atomic E-state index is -0.948. The quantitative estimate of drug-likeness (QED) is 0.210. The summed E-state index contributed by atoms with van der Waals surface area (Å²) in [4.78, 5) is 47.1. The minimum Gasteiger partial charge on any atom is -0.444 e. The number of rotatable bonds is 10. The van der Waals surface area contributed by atoms with Crippen molar-refractivity contribution in [3.05, 3.63) is 66.4 Å². The summed E-state index contributed by atoms with van der Waals surface area (Å²) in [7, 11) is 0. The van der Waals surface area contributed by atoms with Gasteiger partial charge in [-0.25, -0.2) is 9.79 Å². The number of carbonyl (C=O) groups excluding carboxylic acids is 3. The highest BCUT2D eigenvalue weighted by Crippen LogP contribution is 2.33. The normalized spacial score (nSPS) is 20.0. The number of hydrogen-bond donors (Lipinski definition) is 3. The first-order valence-corrected chi connectivity index (χ1v) is 16.1. The number of ether oxygens (including phenoxy) is 1. The van der Waals surface area contributed by atoms with Crippen LogP contribution in [0.2, 0.25) is 0 Å². The molecule has 5 rings (SSSR count). The highest BCUT2D eigenvalue weighted by atomic mass is 35.5. The van der Waals surface area contributed by atoms with Gasteiger partial charge in [-0.05, 0) is 106 Å². The topological polar surface area (TPSA) is 172 Å². The van der Waals surface area contributed by atoms with E-state index in [1.165, 1.54) is 4.90 Å². The van der Waals surface area contributed by atoms with Gasteiger partial charge < -0.3 is 20.7 Å². The van der Waals surface area contributed by atoms with E-state index in [9.17, 15) is 14.4 Å². The van der Waals surface area contributed by atoms with E-state index in [1.807, 2.05) is 49.9 Å². The fourth-order valence-corrected chi connectivity index (χ4v) is 6.04. The van der Waals surface area contributed by atoms with Gasteiger partial charge in [-0.3, -0.25) is 14.5 Å². The van der Waals surface area contributed by atoms with E-state index in [2.05, 4.69) is 30.9 Å². The number of halogens is 1. The maximum absolute atomic E-state index is 14.3. The molecule has 2 heterocycles. The van der Waals surface area contributed by atoms with Crippen molar-refractivity contribution in [1.29, 1.82) is 0 Å². The van der Waals surface area contributed by atoms with Gasteiger partial charge in [-0.15, -0.1) is 10.2 Å². The van der Waals surface area contributed by atoms with Crippen LogP contribution < -0.4 is 20.9 Å². The molecule has 3 amide bonds. The molecule has 1 aliphatic carbocycles. The first-order chi connectivity index (χ1) is 22.5. The van der Waals surface area contributed by atoms with E-state index in [0.717, 1.165) is 24.1 Å². The smallest absolute Gasteiger partial charge is 0.407 e. The second-order valence-electron chi connectivity index (χ2n) is 12.8. The molecule has 13 nitrogen and oxygen atoms in total. The second kappa shape index (κ2) is 14.8. The molecule has 1 aromatic heterocycles. The molecule has 2 aromatic carbocycles. The van der Waals surface area contributed by atoms with Gasteiger partial charge in [0.15, 0.2) is 0 Å². The van der Waals surface area contributed by atoms with Crippen LogP contribution in [-0.2, 0) is 20.7 Å². The Morgan fingerprint density at radius 2 is 1.79 bits per heavy atom. The molecular weight excluding hydrogens is 622 g/mol. The third-order valence-corrected chi connectivity index (χ3v) is 8.56. The van der Waals surface area contributed by atoms with Gasteiger partial charge in [-0.1, -0.05) is 23.7 Å². The second-order valence-corrected chi connectivity index (χ2v) is 13.2. The van der Waals surface area contributed by atoms with Gasteiger partial charge in [0.25, 0.3) is 0 Å². The first-order valence-electron chi connectivity index (χ1n) is 15.6. The number of aliphatic imine (C=N–C) groups is 1. The van der Waals surface area contributed by atoms with Crippen molar-refractivity contribution < 1.29 is 19.1 Å². The summed E-state index contributed by atoms with van der Waals surface area (Å²) in [5.41, 5.74) is 7.98. The molecule has 0 spiro atoms. The molecule has 1 unspecified atom stereocenters. The maximum atomic E-state index is 14.3. The summed E-state index contributed by atoms with van der Waals surface area (Å²) in [6.45, 7) is 5.93. The number of aromatic nitrogens is 4. The molecule has 0 bridgehead atoms. The Kier molecular flexibility index (Phi) is 10.5. The standard InChI is InChI=1S/C33H40ClN9O4/c1-33(2,3)47-32(46)37-19-22-4-8-24(9-5-22)31(45)43(26-14-10-23(11-15-26)30-38-40-41-39-30)27(29(35)44)18-21-6-12-25(13-7-21)42-20-36-17-16-28(42)34/h6-7,10-17,20,22,24,27-28H,4-5,8-9,18-19H2,1-3H3,(H2,35,44)(H,37,46)(H,38,39,40,41)/t22?,24?,27-,28?/m0/s1. The van der Waals surface area contributed by atoms with Crippen molar-refractivity contribution in [2.24, 2.45) is 22.6 Å². The van der Waals surface area contributed by atoms with Crippen molar-refractivity contribution in [2.75, 3.05) is 16.3 Å². The molecule has 4 N–H and O–H groups in total. The molecule has 248 valence electrons. The highest BCUT2D eigenvalue weighted by Gasteiger charge is 2.36. The van der Waals surface area contributed by atoms with Crippen LogP contribution in [-0.4, -0.2) is 68.6 Å². The van der Waals surface area contributed by atoms with Crippen LogP contribution in [0.4, 0.5) is 16.2 Å². The van der Waals surface area contributed by atoms with E-state index >= 15 is 0 Å². The Hall–Kier alpha value is -4.78. The first kappa shape index (κ1) is 33.6. The number of nitrogens with zero attached hydrogens (tertiary/aromatic N) is 6. The van der Waals surface area contributed by atoms with Gasteiger partial charge >= 0.3 is 6.09 Å². The predicted octanol–water partition coefficient (Wildman–Crippen LogP) is 4.55. The summed E-state index contributed by atoms with van der Waals surface area (Å²) < 4.78 is 5.36. The molecule has 0 saturated heterocycles. The lowest BCUT2D eigenvalue weighted by molar-refractivity contribution is -0.127. The van der Waals surface area contributed by atoms with Crippen LogP contribution >= 0.6 is 11.6 Å². The Balaban J connectivity index is 1.33. The SMILES string of the molecule is CC(C)(C)OC(=O)NCC1CCC(C(=O)N(c2ccc(-c3nn[nH]n3)cc2)[C@@H](Cc2ccc(N3C=NC=CC3Cl)cc2)C(N)=O)CC1. The van der Waals surface area contributed by atoms with Crippen molar-refractivity contribution in [3.8, 4) is 11.4 Å². The molecule has 47 heavy (non-hydrogen) atoms. The molecule has 14 heteroatoms. The van der Waals surface area contributed by atoms with Crippen molar-refractivity contribution in [1.82, 2.24) is 25.9 Å². The zero-order chi connectivity index (χ0) is 33.6. The Morgan fingerprint density at radius 1 is 1.09 bits per heavy atom. The zero-order valence-electron chi connectivity index (χ0n) is 26.7. The number of anilines is 2. The summed E-state index contributed by atoms with van der Waals surface area (Å²) in [6.07, 6.45) is 7.55. The molecule has 3 aromatic rings. The summed E-state index contributed by atoms with van der Waals surface area (Å²) in [5, 5.41) is 17.0. The monoisotopic (exact) mass is 661 g/mol. The highest BCUT2D eigenvalue weighted by molar-refractivity contribution is 6.24. The number of H-pyrrole nitrogens is 1. The molecular formula is C33H40ClN9O4. The van der Waals surface area contributed by atoms with Crippen molar-refractivity contribution >= 4 is 47.2 Å². The Bertz CT molecular complexity index is 1580. The van der Waals surface area contributed by atoms with Gasteiger partial charge in [-0.2, -0.15) is 5.21 Å². The van der Waals surface area contributed by atoms with Crippen LogP contribution in [0.1, 0.15) is 52.0 Å². The van der Waals surface area contributed by atoms with Gasteiger partial charge in [0.2, 0.25) is 17.6 Å². The third-order valence-electron chi connectivity index (χ3n) is 8.21. The molecule has 1 fully saturated rings. The minimum absolute atomic E-state index is 0.169. The van der Waals surface area contributed by atoms with Crippen LogP contribution in [0.15, 0.2) is 65.8 Å². The van der Waals surface area contributed by atoms with Crippen molar-refractivity contribution in [2.45, 2.75) is 70.0 Å². The van der Waals surface area contributed by atoms with E-state index in [4.69, 9.17) is 22.1 Å². The number of nitrogens with one attached hydrogen (secondary N) is 2.